The molecule has 0 saturated heterocycles. The summed E-state index contributed by atoms with van der Waals surface area (Å²) in [6.45, 7) is 12.8. The van der Waals surface area contributed by atoms with Crippen LogP contribution in [0, 0.1) is 11.8 Å². The molecular formula is C16H27NO. The van der Waals surface area contributed by atoms with Crippen LogP contribution in [0.25, 0.3) is 0 Å². The van der Waals surface area contributed by atoms with E-state index in [0.29, 0.717) is 11.8 Å². The normalized spacial score (nSPS) is 13.1. The van der Waals surface area contributed by atoms with E-state index in [2.05, 4.69) is 44.7 Å². The van der Waals surface area contributed by atoms with E-state index in [4.69, 9.17) is 0 Å². The largest absolute Gasteiger partial charge is 0.389 e. The molecule has 1 atom stereocenters. The van der Waals surface area contributed by atoms with E-state index in [-0.39, 0.29) is 0 Å². The van der Waals surface area contributed by atoms with Crippen LogP contribution in [0.15, 0.2) is 24.3 Å². The van der Waals surface area contributed by atoms with Crippen molar-refractivity contribution in [2.45, 2.75) is 40.7 Å². The molecule has 0 aliphatic heterocycles. The second-order valence-electron chi connectivity index (χ2n) is 5.93. The fourth-order valence-corrected chi connectivity index (χ4v) is 2.28. The van der Waals surface area contributed by atoms with Crippen molar-refractivity contribution in [2.24, 2.45) is 11.8 Å². The summed E-state index contributed by atoms with van der Waals surface area (Å²) >= 11 is 0. The maximum absolute atomic E-state index is 9.90. The van der Waals surface area contributed by atoms with Crippen LogP contribution in [0.2, 0.25) is 0 Å². The summed E-state index contributed by atoms with van der Waals surface area (Å²) in [6.07, 6.45) is -0.414. The number of aliphatic hydroxyl groups excluding tert-OH is 1. The Kier molecular flexibility index (Phi) is 5.67. The van der Waals surface area contributed by atoms with Crippen molar-refractivity contribution in [1.29, 1.82) is 0 Å². The van der Waals surface area contributed by atoms with Gasteiger partial charge in [-0.05, 0) is 24.8 Å². The Balaban J connectivity index is 3.03. The molecule has 2 nitrogen and oxygen atoms in total. The Bertz CT molecular complexity index is 348. The van der Waals surface area contributed by atoms with Crippen LogP contribution in [-0.2, 0) is 0 Å². The van der Waals surface area contributed by atoms with Crippen LogP contribution in [0.4, 0.5) is 5.69 Å². The molecular weight excluding hydrogens is 222 g/mol. The third-order valence-corrected chi connectivity index (χ3v) is 2.90. The summed E-state index contributed by atoms with van der Waals surface area (Å²) in [4.78, 5) is 2.40. The monoisotopic (exact) mass is 249 g/mol. The Morgan fingerprint density at radius 2 is 1.44 bits per heavy atom. The second kappa shape index (κ2) is 6.79. The molecule has 0 aliphatic carbocycles. The minimum absolute atomic E-state index is 0.414. The van der Waals surface area contributed by atoms with Gasteiger partial charge in [-0.25, -0.2) is 0 Å². The zero-order valence-electron chi connectivity index (χ0n) is 12.4. The predicted octanol–water partition coefficient (Wildman–Crippen LogP) is 3.86. The highest BCUT2D eigenvalue weighted by atomic mass is 16.3. The Labute approximate surface area is 112 Å². The van der Waals surface area contributed by atoms with Crippen LogP contribution in [0.3, 0.4) is 0 Å². The number of aliphatic hydroxyl groups is 1. The van der Waals surface area contributed by atoms with Gasteiger partial charge >= 0.3 is 0 Å². The fraction of sp³-hybridized carbons (Fsp3) is 0.625. The van der Waals surface area contributed by atoms with E-state index in [1.165, 1.54) is 5.69 Å². The topological polar surface area (TPSA) is 23.5 Å². The highest BCUT2D eigenvalue weighted by molar-refractivity contribution is 5.54. The Morgan fingerprint density at radius 3 is 1.89 bits per heavy atom. The maximum Gasteiger partial charge on any atom is 0.0781 e. The summed E-state index contributed by atoms with van der Waals surface area (Å²) in [7, 11) is 0. The molecule has 18 heavy (non-hydrogen) atoms. The first kappa shape index (κ1) is 15.0. The van der Waals surface area contributed by atoms with Gasteiger partial charge in [-0.2, -0.15) is 0 Å². The minimum atomic E-state index is -0.414. The standard InChI is InChI=1S/C16H27NO/c1-12(2)10-17(11-13(3)4)16-9-7-6-8-15(16)14(5)18/h6-9,12-14,18H,10-11H2,1-5H3. The molecule has 0 aromatic heterocycles. The van der Waals surface area contributed by atoms with E-state index in [9.17, 15) is 5.11 Å². The van der Waals surface area contributed by atoms with E-state index in [0.717, 1.165) is 18.7 Å². The molecule has 0 bridgehead atoms. The maximum atomic E-state index is 9.90. The van der Waals surface area contributed by atoms with Crippen LogP contribution in [-0.4, -0.2) is 18.2 Å². The molecule has 1 rings (SSSR count). The van der Waals surface area contributed by atoms with Crippen LogP contribution >= 0.6 is 0 Å². The van der Waals surface area contributed by atoms with E-state index < -0.39 is 6.10 Å². The highest BCUT2D eigenvalue weighted by Crippen LogP contribution is 2.27. The molecule has 1 aromatic rings. The molecule has 1 N–H and O–H groups in total. The lowest BCUT2D eigenvalue weighted by molar-refractivity contribution is 0.199. The predicted molar refractivity (Wildman–Crippen MR) is 79.0 cm³/mol. The van der Waals surface area contributed by atoms with Gasteiger partial charge in [0, 0.05) is 24.3 Å². The van der Waals surface area contributed by atoms with Crippen LogP contribution in [0.5, 0.6) is 0 Å². The lowest BCUT2D eigenvalue weighted by Crippen LogP contribution is -2.32. The van der Waals surface area contributed by atoms with Gasteiger partial charge in [0.1, 0.15) is 0 Å². The number of nitrogens with zero attached hydrogens (tertiary/aromatic N) is 1. The summed E-state index contributed by atoms with van der Waals surface area (Å²) in [5.41, 5.74) is 2.20. The van der Waals surface area contributed by atoms with Gasteiger partial charge in [0.2, 0.25) is 0 Å². The van der Waals surface area contributed by atoms with Crippen molar-refractivity contribution in [1.82, 2.24) is 0 Å². The van der Waals surface area contributed by atoms with Gasteiger partial charge in [0.25, 0.3) is 0 Å². The number of para-hydroxylation sites is 1. The second-order valence-corrected chi connectivity index (χ2v) is 5.93. The fourth-order valence-electron chi connectivity index (χ4n) is 2.28. The van der Waals surface area contributed by atoms with E-state index in [1.54, 1.807) is 0 Å². The number of anilines is 1. The SMILES string of the molecule is CC(C)CN(CC(C)C)c1ccccc1C(C)O. The van der Waals surface area contributed by atoms with Crippen molar-refractivity contribution in [3.05, 3.63) is 29.8 Å². The average Bonchev–Trinajstić information content (AvgIpc) is 2.26. The summed E-state index contributed by atoms with van der Waals surface area (Å²) in [5.74, 6) is 1.23. The summed E-state index contributed by atoms with van der Waals surface area (Å²) in [6, 6.07) is 8.18. The third-order valence-electron chi connectivity index (χ3n) is 2.90. The van der Waals surface area contributed by atoms with Gasteiger partial charge in [-0.15, -0.1) is 0 Å². The summed E-state index contributed by atoms with van der Waals surface area (Å²) in [5, 5.41) is 9.90. The molecule has 0 amide bonds. The van der Waals surface area contributed by atoms with Gasteiger partial charge in [0.15, 0.2) is 0 Å². The molecule has 0 saturated carbocycles. The first-order chi connectivity index (χ1) is 8.41. The smallest absolute Gasteiger partial charge is 0.0781 e. The summed E-state index contributed by atoms with van der Waals surface area (Å²) < 4.78 is 0. The number of hydrogen-bond donors (Lipinski definition) is 1. The van der Waals surface area contributed by atoms with Crippen molar-refractivity contribution in [3.63, 3.8) is 0 Å². The molecule has 0 fully saturated rings. The van der Waals surface area contributed by atoms with E-state index in [1.807, 2.05) is 19.1 Å². The molecule has 0 spiro atoms. The lowest BCUT2D eigenvalue weighted by atomic mass is 10.0. The van der Waals surface area contributed by atoms with Gasteiger partial charge in [-0.3, -0.25) is 0 Å². The van der Waals surface area contributed by atoms with Gasteiger partial charge in [-0.1, -0.05) is 45.9 Å². The zero-order valence-corrected chi connectivity index (χ0v) is 12.4. The van der Waals surface area contributed by atoms with Crippen LogP contribution in [0.1, 0.15) is 46.3 Å². The quantitative estimate of drug-likeness (QED) is 0.827. The number of rotatable bonds is 6. The first-order valence-corrected chi connectivity index (χ1v) is 6.93. The number of benzene rings is 1. The average molecular weight is 249 g/mol. The molecule has 102 valence electrons. The molecule has 0 heterocycles. The molecule has 1 unspecified atom stereocenters. The van der Waals surface area contributed by atoms with Crippen molar-refractivity contribution < 1.29 is 5.11 Å². The van der Waals surface area contributed by atoms with Crippen molar-refractivity contribution in [3.8, 4) is 0 Å². The molecule has 2 heteroatoms. The van der Waals surface area contributed by atoms with Crippen molar-refractivity contribution >= 4 is 5.69 Å². The minimum Gasteiger partial charge on any atom is -0.389 e. The van der Waals surface area contributed by atoms with Gasteiger partial charge in [0.05, 0.1) is 6.10 Å². The zero-order chi connectivity index (χ0) is 13.7. The van der Waals surface area contributed by atoms with Crippen molar-refractivity contribution in [2.75, 3.05) is 18.0 Å². The molecule has 0 aliphatic rings. The van der Waals surface area contributed by atoms with Gasteiger partial charge < -0.3 is 10.0 Å². The lowest BCUT2D eigenvalue weighted by Gasteiger charge is -2.31. The van der Waals surface area contributed by atoms with Crippen LogP contribution < -0.4 is 4.90 Å². The highest BCUT2D eigenvalue weighted by Gasteiger charge is 2.15. The Morgan fingerprint density at radius 1 is 0.944 bits per heavy atom. The van der Waals surface area contributed by atoms with E-state index >= 15 is 0 Å². The Hall–Kier alpha value is -1.02. The molecule has 0 radical (unpaired) electrons. The number of hydrogen-bond acceptors (Lipinski definition) is 2. The molecule has 1 aromatic carbocycles. The first-order valence-electron chi connectivity index (χ1n) is 6.93. The third kappa shape index (κ3) is 4.34.